The number of hydrogen-bond donors (Lipinski definition) is 4. The maximum atomic E-state index is 15.6. The van der Waals surface area contributed by atoms with E-state index in [1.807, 2.05) is 29.2 Å². The Labute approximate surface area is 368 Å². The fourth-order valence-electron chi connectivity index (χ4n) is 9.11. The highest BCUT2D eigenvalue weighted by Gasteiger charge is 2.57. The maximum Gasteiger partial charge on any atom is 0.301 e. The van der Waals surface area contributed by atoms with Crippen molar-refractivity contribution in [1.29, 1.82) is 0 Å². The molecule has 4 N–H and O–H groups in total. The van der Waals surface area contributed by atoms with Gasteiger partial charge in [-0.1, -0.05) is 19.1 Å². The molecule has 2 bridgehead atoms. The van der Waals surface area contributed by atoms with Crippen LogP contribution in [0, 0.1) is 17.6 Å². The van der Waals surface area contributed by atoms with E-state index < -0.39 is 44.4 Å². The van der Waals surface area contributed by atoms with Crippen molar-refractivity contribution in [2.24, 2.45) is 5.92 Å². The number of benzene rings is 2. The van der Waals surface area contributed by atoms with Crippen molar-refractivity contribution in [2.45, 2.75) is 44.1 Å². The zero-order valence-electron chi connectivity index (χ0n) is 35.4. The fraction of sp³-hybridized carbons (Fsp3) is 0.378. The predicted octanol–water partition coefficient (Wildman–Crippen LogP) is 4.49. The minimum absolute atomic E-state index is 0.0461. The van der Waals surface area contributed by atoms with Crippen LogP contribution in [0.25, 0.3) is 22.2 Å². The summed E-state index contributed by atoms with van der Waals surface area (Å²) in [6.45, 7) is 6.07. The van der Waals surface area contributed by atoms with E-state index in [0.29, 0.717) is 73.6 Å². The van der Waals surface area contributed by atoms with Crippen LogP contribution in [0.4, 0.5) is 26.0 Å². The van der Waals surface area contributed by atoms with Gasteiger partial charge in [0.2, 0.25) is 17.6 Å². The summed E-state index contributed by atoms with van der Waals surface area (Å²) >= 11 is 0. The van der Waals surface area contributed by atoms with E-state index in [9.17, 15) is 27.6 Å². The summed E-state index contributed by atoms with van der Waals surface area (Å²) in [5, 5.41) is 6.14. The van der Waals surface area contributed by atoms with Crippen LogP contribution in [0.3, 0.4) is 0 Å². The van der Waals surface area contributed by atoms with Gasteiger partial charge in [-0.25, -0.2) is 18.7 Å². The SMILES string of the molecule is CCN(C)S(=O)(=O)Nc1ccc(F)c(C(=O)c2c[nH]c3ncc(-c4ccc(N5CCN(C(=O)CN6CCC(c7ccc(NC89CC(C8)C(=O)NC9=O)cc7)CC6)CC5)nc4)cc23)c1F. The standard InChI is InChI=1S/C45H48F2N10O6S/c1-3-54(2)64(62,63)53-36-10-9-35(46)39(40(36)47)41(59)34-25-50-42-33(34)20-30(24-49-42)29-6-11-37(48-23-29)56-16-18-57(19-17-56)38(58)26-55-14-12-28(13-15-55)27-4-7-32(8-5-27)52-45-21-31(22-45)43(60)51-44(45)61/h4-11,20,23-25,28,31,52-53H,3,12-19,21-22,26H2,1-2H3,(H,49,50)(H,51,60,61). The van der Waals surface area contributed by atoms with Gasteiger partial charge in [-0.15, -0.1) is 0 Å². The summed E-state index contributed by atoms with van der Waals surface area (Å²) < 4.78 is 58.8. The van der Waals surface area contributed by atoms with Crippen LogP contribution in [0.15, 0.2) is 73.2 Å². The first kappa shape index (κ1) is 43.0. The highest BCUT2D eigenvalue weighted by Crippen LogP contribution is 2.44. The Morgan fingerprint density at radius 1 is 0.906 bits per heavy atom. The summed E-state index contributed by atoms with van der Waals surface area (Å²) in [5.41, 5.74) is 1.52. The molecule has 64 heavy (non-hydrogen) atoms. The van der Waals surface area contributed by atoms with Crippen LogP contribution in [-0.4, -0.2) is 126 Å². The van der Waals surface area contributed by atoms with Crippen molar-refractivity contribution in [3.63, 3.8) is 0 Å². The molecule has 19 heteroatoms. The molecule has 0 radical (unpaired) electrons. The number of aromatic amines is 1. The van der Waals surface area contributed by atoms with Crippen molar-refractivity contribution in [3.05, 3.63) is 102 Å². The number of imide groups is 1. The number of carbonyl (C=O) groups excluding carboxylic acids is 4. The third-order valence-corrected chi connectivity index (χ3v) is 14.7. The van der Waals surface area contributed by atoms with E-state index in [-0.39, 0.29) is 35.7 Å². The molecule has 0 unspecified atom stereocenters. The number of pyridine rings is 2. The van der Waals surface area contributed by atoms with E-state index >= 15 is 8.78 Å². The molecule has 4 saturated heterocycles. The largest absolute Gasteiger partial charge is 0.371 e. The quantitative estimate of drug-likeness (QED) is 0.0962. The van der Waals surface area contributed by atoms with E-state index in [2.05, 4.69) is 47.3 Å². The molecule has 5 aromatic rings. The van der Waals surface area contributed by atoms with E-state index in [0.717, 1.165) is 53.9 Å². The highest BCUT2D eigenvalue weighted by atomic mass is 32.2. The van der Waals surface area contributed by atoms with Crippen molar-refractivity contribution in [3.8, 4) is 11.1 Å². The van der Waals surface area contributed by atoms with Gasteiger partial charge >= 0.3 is 10.2 Å². The van der Waals surface area contributed by atoms with Gasteiger partial charge in [0.25, 0.3) is 5.91 Å². The van der Waals surface area contributed by atoms with Crippen molar-refractivity contribution >= 4 is 61.9 Å². The maximum absolute atomic E-state index is 15.6. The lowest BCUT2D eigenvalue weighted by atomic mass is 9.64. The molecule has 2 aromatic carbocycles. The normalized spacial score (nSPS) is 20.6. The molecule has 334 valence electrons. The number of fused-ring (bicyclic) bond motifs is 3. The van der Waals surface area contributed by atoms with Gasteiger partial charge in [-0.2, -0.15) is 12.7 Å². The summed E-state index contributed by atoms with van der Waals surface area (Å²) in [5.74, 6) is -2.74. The number of piperidine rings is 3. The van der Waals surface area contributed by atoms with Crippen LogP contribution in [0.1, 0.15) is 60.0 Å². The van der Waals surface area contributed by atoms with Gasteiger partial charge < -0.3 is 20.1 Å². The van der Waals surface area contributed by atoms with Crippen LogP contribution in [0.5, 0.6) is 0 Å². The Morgan fingerprint density at radius 3 is 2.30 bits per heavy atom. The van der Waals surface area contributed by atoms with Crippen LogP contribution >= 0.6 is 0 Å². The molecule has 16 nitrogen and oxygen atoms in total. The Kier molecular flexibility index (Phi) is 11.4. The molecule has 5 fully saturated rings. The molecule has 7 heterocycles. The lowest BCUT2D eigenvalue weighted by molar-refractivity contribution is -0.149. The van der Waals surface area contributed by atoms with Gasteiger partial charge in [0.05, 0.1) is 17.8 Å². The first-order valence-electron chi connectivity index (χ1n) is 21.4. The van der Waals surface area contributed by atoms with E-state index in [1.165, 1.54) is 18.8 Å². The third kappa shape index (κ3) is 8.18. The summed E-state index contributed by atoms with van der Waals surface area (Å²) in [6.07, 6.45) is 7.56. The zero-order chi connectivity index (χ0) is 44.9. The zero-order valence-corrected chi connectivity index (χ0v) is 36.2. The summed E-state index contributed by atoms with van der Waals surface area (Å²) in [7, 11) is -2.85. The minimum Gasteiger partial charge on any atom is -0.371 e. The lowest BCUT2D eigenvalue weighted by Crippen LogP contribution is -2.69. The fourth-order valence-corrected chi connectivity index (χ4v) is 10.0. The average molecular weight is 895 g/mol. The number of rotatable bonds is 13. The molecule has 10 rings (SSSR count). The molecule has 1 aliphatic carbocycles. The Bertz CT molecular complexity index is 2750. The average Bonchev–Trinajstić information content (AvgIpc) is 3.72. The number of amides is 3. The number of halogens is 2. The minimum atomic E-state index is -4.15. The molecule has 0 spiro atoms. The smallest absolute Gasteiger partial charge is 0.301 e. The van der Waals surface area contributed by atoms with Crippen LogP contribution in [0.2, 0.25) is 0 Å². The van der Waals surface area contributed by atoms with E-state index in [1.54, 1.807) is 25.4 Å². The van der Waals surface area contributed by atoms with Crippen molar-refractivity contribution in [1.82, 2.24) is 34.4 Å². The first-order valence-corrected chi connectivity index (χ1v) is 22.8. The third-order valence-electron chi connectivity index (χ3n) is 13.2. The van der Waals surface area contributed by atoms with E-state index in [4.69, 9.17) is 4.98 Å². The van der Waals surface area contributed by atoms with Gasteiger partial charge in [0.1, 0.15) is 22.8 Å². The number of H-pyrrole nitrogens is 1. The summed E-state index contributed by atoms with van der Waals surface area (Å²) in [6, 6.07) is 15.4. The molecular weight excluding hydrogens is 847 g/mol. The second-order valence-corrected chi connectivity index (χ2v) is 18.8. The number of ketones is 1. The number of piperazine rings is 1. The number of aromatic nitrogens is 3. The van der Waals surface area contributed by atoms with Gasteiger partial charge in [0, 0.05) is 92.0 Å². The highest BCUT2D eigenvalue weighted by molar-refractivity contribution is 7.90. The second kappa shape index (κ2) is 17.0. The lowest BCUT2D eigenvalue weighted by Gasteiger charge is -2.50. The topological polar surface area (TPSA) is 193 Å². The number of likely N-dealkylation sites (tertiary alicyclic amines) is 1. The monoisotopic (exact) mass is 894 g/mol. The molecular formula is C45H48F2N10O6S. The molecule has 3 amide bonds. The van der Waals surface area contributed by atoms with Gasteiger partial charge in [-0.3, -0.25) is 34.1 Å². The molecule has 4 aliphatic heterocycles. The van der Waals surface area contributed by atoms with Gasteiger partial charge in [-0.05, 0) is 92.7 Å². The number of anilines is 3. The predicted molar refractivity (Wildman–Crippen MR) is 236 cm³/mol. The summed E-state index contributed by atoms with van der Waals surface area (Å²) in [4.78, 5) is 69.6. The number of hydrogen-bond acceptors (Lipinski definition) is 11. The molecule has 0 atom stereocenters. The Hall–Kier alpha value is -6.31. The molecule has 5 aliphatic rings. The molecule has 1 saturated carbocycles. The van der Waals surface area contributed by atoms with Crippen molar-refractivity contribution in [2.75, 3.05) is 74.3 Å². The van der Waals surface area contributed by atoms with Gasteiger partial charge in [0.15, 0.2) is 5.82 Å². The number of carbonyl (C=O) groups is 4. The van der Waals surface area contributed by atoms with Crippen LogP contribution < -0.4 is 20.3 Å². The first-order chi connectivity index (χ1) is 30.7. The second-order valence-electron chi connectivity index (χ2n) is 17.0. The molecule has 3 aromatic heterocycles. The Balaban J connectivity index is 0.769. The number of nitrogens with one attached hydrogen (secondary N) is 4. The Morgan fingerprint density at radius 2 is 1.62 bits per heavy atom. The van der Waals surface area contributed by atoms with Crippen molar-refractivity contribution < 1.29 is 36.4 Å². The van der Waals surface area contributed by atoms with Crippen LogP contribution in [-0.2, 0) is 24.6 Å². The number of nitrogens with zero attached hydrogens (tertiary/aromatic N) is 6.